The minimum atomic E-state index is 0.0259. The smallest absolute Gasteiger partial charge is 0.254 e. The number of pyridine rings is 1. The van der Waals surface area contributed by atoms with Crippen LogP contribution in [0.25, 0.3) is 11.5 Å². The molecular weight excluding hydrogens is 342 g/mol. The van der Waals surface area contributed by atoms with Crippen LogP contribution in [0.2, 0.25) is 0 Å². The summed E-state index contributed by atoms with van der Waals surface area (Å²) < 4.78 is 5.45. The number of piperidine rings is 1. The van der Waals surface area contributed by atoms with Gasteiger partial charge in [0.15, 0.2) is 0 Å². The Hall–Kier alpha value is -3.22. The summed E-state index contributed by atoms with van der Waals surface area (Å²) in [5.74, 6) is 1.29. The molecule has 27 heavy (non-hydrogen) atoms. The molecule has 1 fully saturated rings. The van der Waals surface area contributed by atoms with Crippen molar-refractivity contribution in [3.63, 3.8) is 0 Å². The van der Waals surface area contributed by atoms with Crippen LogP contribution in [0.5, 0.6) is 0 Å². The lowest BCUT2D eigenvalue weighted by Gasteiger charge is -2.30. The van der Waals surface area contributed by atoms with E-state index in [1.54, 1.807) is 12.3 Å². The first kappa shape index (κ1) is 17.2. The molecule has 1 aliphatic heterocycles. The van der Waals surface area contributed by atoms with Crippen molar-refractivity contribution in [3.05, 3.63) is 59.6 Å². The van der Waals surface area contributed by atoms with Crippen LogP contribution in [-0.4, -0.2) is 39.0 Å². The largest absolute Gasteiger partial charge is 0.399 e. The second-order valence-electron chi connectivity index (χ2n) is 6.81. The van der Waals surface area contributed by atoms with Gasteiger partial charge < -0.3 is 15.2 Å². The molecule has 1 aromatic carbocycles. The molecule has 7 nitrogen and oxygen atoms in total. The number of carbonyl (C=O) groups excluding carboxylic acids is 1. The van der Waals surface area contributed by atoms with Crippen LogP contribution in [0.15, 0.2) is 47.1 Å². The van der Waals surface area contributed by atoms with E-state index in [1.165, 1.54) is 0 Å². The van der Waals surface area contributed by atoms with Gasteiger partial charge in [0, 0.05) is 36.5 Å². The topological polar surface area (TPSA) is 98.1 Å². The number of hydrogen-bond acceptors (Lipinski definition) is 6. The predicted octanol–water partition coefficient (Wildman–Crippen LogP) is 3.04. The number of nitrogens with two attached hydrogens (primary N) is 1. The van der Waals surface area contributed by atoms with Gasteiger partial charge in [0.05, 0.1) is 0 Å². The molecule has 0 bridgehead atoms. The van der Waals surface area contributed by atoms with Crippen molar-refractivity contribution < 1.29 is 9.32 Å². The summed E-state index contributed by atoms with van der Waals surface area (Å²) in [7, 11) is 0. The van der Waals surface area contributed by atoms with E-state index in [-0.39, 0.29) is 11.8 Å². The van der Waals surface area contributed by atoms with E-state index >= 15 is 0 Å². The summed E-state index contributed by atoms with van der Waals surface area (Å²) in [5, 5.41) is 4.04. The highest BCUT2D eigenvalue weighted by atomic mass is 16.5. The van der Waals surface area contributed by atoms with E-state index in [2.05, 4.69) is 15.1 Å². The first-order chi connectivity index (χ1) is 13.1. The van der Waals surface area contributed by atoms with Crippen molar-refractivity contribution in [2.75, 3.05) is 18.8 Å². The average Bonchev–Trinajstić information content (AvgIpc) is 3.20. The third-order valence-corrected chi connectivity index (χ3v) is 4.96. The summed E-state index contributed by atoms with van der Waals surface area (Å²) in [5.41, 5.74) is 8.74. The fourth-order valence-corrected chi connectivity index (χ4v) is 3.37. The van der Waals surface area contributed by atoms with E-state index in [1.807, 2.05) is 42.2 Å². The summed E-state index contributed by atoms with van der Waals surface area (Å²) in [6.07, 6.45) is 3.28. The van der Waals surface area contributed by atoms with Gasteiger partial charge in [0.2, 0.25) is 11.7 Å². The van der Waals surface area contributed by atoms with Crippen molar-refractivity contribution in [2.45, 2.75) is 25.7 Å². The summed E-state index contributed by atoms with van der Waals surface area (Å²) in [4.78, 5) is 23.4. The zero-order chi connectivity index (χ0) is 18.8. The number of likely N-dealkylation sites (tertiary alicyclic amines) is 1. The third-order valence-electron chi connectivity index (χ3n) is 4.96. The normalized spacial score (nSPS) is 15.1. The molecule has 1 aliphatic rings. The zero-order valence-corrected chi connectivity index (χ0v) is 15.1. The molecule has 1 saturated heterocycles. The Balaban J connectivity index is 1.43. The van der Waals surface area contributed by atoms with Gasteiger partial charge in [-0.25, -0.2) is 0 Å². The van der Waals surface area contributed by atoms with E-state index in [4.69, 9.17) is 10.3 Å². The van der Waals surface area contributed by atoms with Gasteiger partial charge in [-0.15, -0.1) is 0 Å². The maximum absolute atomic E-state index is 12.8. The first-order valence-corrected chi connectivity index (χ1v) is 9.02. The van der Waals surface area contributed by atoms with Crippen LogP contribution in [0.3, 0.4) is 0 Å². The molecule has 3 aromatic rings. The van der Waals surface area contributed by atoms with Crippen molar-refractivity contribution in [1.82, 2.24) is 20.0 Å². The van der Waals surface area contributed by atoms with E-state index in [0.717, 1.165) is 18.4 Å². The number of amides is 1. The SMILES string of the molecule is Cc1ccc(N)cc1C(=O)N1CCC(c2nc(-c3ccccn3)no2)CC1. The molecule has 2 N–H and O–H groups in total. The molecule has 138 valence electrons. The number of anilines is 1. The van der Waals surface area contributed by atoms with Gasteiger partial charge in [0.25, 0.3) is 5.91 Å². The molecule has 7 heteroatoms. The highest BCUT2D eigenvalue weighted by Gasteiger charge is 2.28. The molecule has 0 saturated carbocycles. The summed E-state index contributed by atoms with van der Waals surface area (Å²) in [6.45, 7) is 3.23. The molecule has 0 spiro atoms. The number of aryl methyl sites for hydroxylation is 1. The lowest BCUT2D eigenvalue weighted by Crippen LogP contribution is -2.38. The number of carbonyl (C=O) groups is 1. The van der Waals surface area contributed by atoms with Gasteiger partial charge in [0.1, 0.15) is 5.69 Å². The maximum Gasteiger partial charge on any atom is 0.254 e. The molecule has 4 rings (SSSR count). The number of aromatic nitrogens is 3. The second-order valence-corrected chi connectivity index (χ2v) is 6.81. The molecule has 0 radical (unpaired) electrons. The molecule has 1 amide bonds. The van der Waals surface area contributed by atoms with Crippen LogP contribution in [0.1, 0.15) is 40.6 Å². The van der Waals surface area contributed by atoms with Gasteiger partial charge in [-0.2, -0.15) is 4.98 Å². The van der Waals surface area contributed by atoms with E-state index < -0.39 is 0 Å². The first-order valence-electron chi connectivity index (χ1n) is 9.02. The molecule has 0 aliphatic carbocycles. The van der Waals surface area contributed by atoms with Gasteiger partial charge in [-0.3, -0.25) is 9.78 Å². The number of benzene rings is 1. The van der Waals surface area contributed by atoms with Crippen molar-refractivity contribution in [1.29, 1.82) is 0 Å². The van der Waals surface area contributed by atoms with Crippen LogP contribution in [0.4, 0.5) is 5.69 Å². The second kappa shape index (κ2) is 7.19. The van der Waals surface area contributed by atoms with Crippen LogP contribution in [-0.2, 0) is 0 Å². The monoisotopic (exact) mass is 363 g/mol. The zero-order valence-electron chi connectivity index (χ0n) is 15.1. The Morgan fingerprint density at radius 1 is 1.22 bits per heavy atom. The Kier molecular flexibility index (Phi) is 4.58. The Bertz CT molecular complexity index is 946. The lowest BCUT2D eigenvalue weighted by atomic mass is 9.95. The van der Waals surface area contributed by atoms with Crippen molar-refractivity contribution in [3.8, 4) is 11.5 Å². The molecule has 3 heterocycles. The van der Waals surface area contributed by atoms with Crippen molar-refractivity contribution in [2.24, 2.45) is 0 Å². The van der Waals surface area contributed by atoms with Crippen LogP contribution < -0.4 is 5.73 Å². The Morgan fingerprint density at radius 3 is 2.78 bits per heavy atom. The fourth-order valence-electron chi connectivity index (χ4n) is 3.37. The van der Waals surface area contributed by atoms with Crippen LogP contribution >= 0.6 is 0 Å². The number of hydrogen-bond donors (Lipinski definition) is 1. The summed E-state index contributed by atoms with van der Waals surface area (Å²) in [6, 6.07) is 11.0. The lowest BCUT2D eigenvalue weighted by molar-refractivity contribution is 0.0704. The average molecular weight is 363 g/mol. The Labute approximate surface area is 157 Å². The number of rotatable bonds is 3. The highest BCUT2D eigenvalue weighted by molar-refractivity contribution is 5.96. The highest BCUT2D eigenvalue weighted by Crippen LogP contribution is 2.29. The number of nitrogens with zero attached hydrogens (tertiary/aromatic N) is 4. The molecule has 0 unspecified atom stereocenters. The molecule has 2 aromatic heterocycles. The van der Waals surface area contributed by atoms with E-state index in [0.29, 0.717) is 41.7 Å². The number of nitrogen functional groups attached to an aromatic ring is 1. The minimum absolute atomic E-state index is 0.0259. The molecular formula is C20H21N5O2. The maximum atomic E-state index is 12.8. The summed E-state index contributed by atoms with van der Waals surface area (Å²) >= 11 is 0. The van der Waals surface area contributed by atoms with Gasteiger partial charge in [-0.05, 0) is 49.6 Å². The van der Waals surface area contributed by atoms with Crippen molar-refractivity contribution >= 4 is 11.6 Å². The van der Waals surface area contributed by atoms with Gasteiger partial charge in [-0.1, -0.05) is 17.3 Å². The minimum Gasteiger partial charge on any atom is -0.399 e. The van der Waals surface area contributed by atoms with Gasteiger partial charge >= 0.3 is 0 Å². The van der Waals surface area contributed by atoms with Crippen LogP contribution in [0, 0.1) is 6.92 Å². The van der Waals surface area contributed by atoms with E-state index in [9.17, 15) is 4.79 Å². The molecule has 0 atom stereocenters. The fraction of sp³-hybridized carbons (Fsp3) is 0.300. The third kappa shape index (κ3) is 3.53. The predicted molar refractivity (Wildman–Crippen MR) is 101 cm³/mol. The Morgan fingerprint density at radius 2 is 2.04 bits per heavy atom. The quantitative estimate of drug-likeness (QED) is 0.718. The standard InChI is InChI=1S/C20H21N5O2/c1-13-5-6-15(21)12-16(13)20(26)25-10-7-14(8-11-25)19-23-18(24-27-19)17-4-2-3-9-22-17/h2-6,9,12,14H,7-8,10-11,21H2,1H3.